The van der Waals surface area contributed by atoms with E-state index in [1.54, 1.807) is 23.1 Å². The maximum Gasteiger partial charge on any atom is 0.322 e. The summed E-state index contributed by atoms with van der Waals surface area (Å²) in [6.45, 7) is 2.46. The van der Waals surface area contributed by atoms with Crippen LogP contribution in [-0.4, -0.2) is 35.5 Å². The fourth-order valence-electron chi connectivity index (χ4n) is 5.56. The number of halogens is 1. The van der Waals surface area contributed by atoms with Gasteiger partial charge < -0.3 is 14.8 Å². The first kappa shape index (κ1) is 26.8. The lowest BCUT2D eigenvalue weighted by molar-refractivity contribution is -0.117. The first-order chi connectivity index (χ1) is 20.4. The summed E-state index contributed by atoms with van der Waals surface area (Å²) in [4.78, 5) is 43.6. The largest absolute Gasteiger partial charge is 0.345 e. The van der Waals surface area contributed by atoms with Gasteiger partial charge in [-0.25, -0.2) is 9.18 Å². The molecule has 0 saturated carbocycles. The Kier molecular flexibility index (Phi) is 6.92. The fourth-order valence-corrected chi connectivity index (χ4v) is 5.56. The van der Waals surface area contributed by atoms with Crippen molar-refractivity contribution in [1.29, 1.82) is 5.26 Å². The highest BCUT2D eigenvalue weighted by Gasteiger charge is 2.34. The van der Waals surface area contributed by atoms with Crippen LogP contribution in [0.3, 0.4) is 0 Å². The molecule has 1 N–H and O–H groups in total. The molecule has 4 aromatic rings. The van der Waals surface area contributed by atoms with E-state index in [0.717, 1.165) is 33.0 Å². The predicted octanol–water partition coefficient (Wildman–Crippen LogP) is 4.73. The molecule has 0 saturated heterocycles. The molecule has 0 fully saturated rings. The van der Waals surface area contributed by atoms with Gasteiger partial charge in [-0.2, -0.15) is 5.26 Å². The van der Waals surface area contributed by atoms with Crippen LogP contribution in [0.5, 0.6) is 0 Å². The second-order valence-corrected chi connectivity index (χ2v) is 10.3. The summed E-state index contributed by atoms with van der Waals surface area (Å²) in [5.74, 6) is -1.28. The van der Waals surface area contributed by atoms with Gasteiger partial charge in [0.05, 0.1) is 18.3 Å². The zero-order valence-corrected chi connectivity index (χ0v) is 22.9. The minimum atomic E-state index is -0.667. The van der Waals surface area contributed by atoms with Crippen LogP contribution in [0.15, 0.2) is 79.0 Å². The second kappa shape index (κ2) is 10.9. The molecule has 0 spiro atoms. The monoisotopic (exact) mass is 562 g/mol. The van der Waals surface area contributed by atoms with Crippen LogP contribution in [0.1, 0.15) is 32.7 Å². The number of urea groups is 1. The molecule has 0 radical (unpaired) electrons. The summed E-state index contributed by atoms with van der Waals surface area (Å²) in [5, 5.41) is 11.9. The number of anilines is 3. The maximum absolute atomic E-state index is 14.8. The molecule has 3 heterocycles. The van der Waals surface area contributed by atoms with Crippen LogP contribution < -0.4 is 20.0 Å². The molecule has 42 heavy (non-hydrogen) atoms. The van der Waals surface area contributed by atoms with Gasteiger partial charge in [0.15, 0.2) is 0 Å². The number of fused-ring (bicyclic) bond motifs is 3. The number of nitriles is 1. The lowest BCUT2D eigenvalue weighted by Crippen LogP contribution is -2.51. The quantitative estimate of drug-likeness (QED) is 0.364. The van der Waals surface area contributed by atoms with E-state index >= 15 is 0 Å². The van der Waals surface area contributed by atoms with Gasteiger partial charge in [0.2, 0.25) is 5.91 Å². The number of carbonyl (C=O) groups is 3. The van der Waals surface area contributed by atoms with Crippen LogP contribution in [0, 0.1) is 24.1 Å². The summed E-state index contributed by atoms with van der Waals surface area (Å²) in [5.41, 5.74) is 5.19. The minimum absolute atomic E-state index is 0.0496. The van der Waals surface area contributed by atoms with E-state index in [1.807, 2.05) is 55.6 Å². The Bertz CT molecular complexity index is 1770. The van der Waals surface area contributed by atoms with Crippen molar-refractivity contribution in [2.24, 2.45) is 0 Å². The Morgan fingerprint density at radius 3 is 2.57 bits per heavy atom. The zero-order chi connectivity index (χ0) is 29.4. The number of para-hydroxylation sites is 2. The van der Waals surface area contributed by atoms with Gasteiger partial charge in [0.25, 0.3) is 5.91 Å². The second-order valence-electron chi connectivity index (χ2n) is 10.3. The van der Waals surface area contributed by atoms with Crippen LogP contribution in [0.25, 0.3) is 0 Å². The highest BCUT2D eigenvalue weighted by Crippen LogP contribution is 2.36. The van der Waals surface area contributed by atoms with E-state index in [2.05, 4.69) is 9.88 Å². The Morgan fingerprint density at radius 2 is 1.76 bits per heavy atom. The smallest absolute Gasteiger partial charge is 0.322 e. The van der Waals surface area contributed by atoms with Gasteiger partial charge in [0, 0.05) is 36.2 Å². The maximum atomic E-state index is 14.8. The molecule has 6 rings (SSSR count). The van der Waals surface area contributed by atoms with Crippen molar-refractivity contribution >= 4 is 34.9 Å². The third kappa shape index (κ3) is 4.75. The summed E-state index contributed by atoms with van der Waals surface area (Å²) < 4.78 is 17.0. The molecule has 4 amide bonds. The van der Waals surface area contributed by atoms with Crippen LogP contribution in [-0.2, 0) is 24.4 Å². The van der Waals surface area contributed by atoms with E-state index in [-0.39, 0.29) is 30.4 Å². The Hall–Kier alpha value is -5.43. The lowest BCUT2D eigenvalue weighted by atomic mass is 10.0. The molecule has 0 unspecified atom stereocenters. The van der Waals surface area contributed by atoms with Gasteiger partial charge in [-0.3, -0.25) is 19.4 Å². The molecule has 2 aliphatic heterocycles. The number of aromatic nitrogens is 1. The van der Waals surface area contributed by atoms with Crippen molar-refractivity contribution in [3.05, 3.63) is 113 Å². The molecule has 210 valence electrons. The van der Waals surface area contributed by atoms with Crippen molar-refractivity contribution in [2.75, 3.05) is 27.8 Å². The fraction of sp³-hybridized carbons (Fsp3) is 0.188. The van der Waals surface area contributed by atoms with Crippen molar-refractivity contribution in [3.8, 4) is 6.07 Å². The third-order valence-electron chi connectivity index (χ3n) is 7.73. The molecule has 2 aliphatic rings. The summed E-state index contributed by atoms with van der Waals surface area (Å²) in [6, 6.07) is 22.6. The van der Waals surface area contributed by atoms with E-state index in [1.165, 1.54) is 23.1 Å². The number of nitrogens with one attached hydrogen (secondary N) is 1. The molecular weight excluding hydrogens is 535 g/mol. The number of rotatable bonds is 4. The molecule has 0 aliphatic carbocycles. The average Bonchev–Trinajstić information content (AvgIpc) is 3.36. The van der Waals surface area contributed by atoms with Gasteiger partial charge in [-0.1, -0.05) is 30.3 Å². The zero-order valence-electron chi connectivity index (χ0n) is 22.9. The standard InChI is InChI=1S/C32H27FN6O3/c1-21-16-22(31(41)38-19-25-7-5-14-36(25)18-24-6-2-3-9-27(24)38)11-12-23(21)17-35-32(42)39-20-29(40)37(15-13-34)28-10-4-8-26(33)30(28)39/h2-12,14,16H,15,17-20H2,1H3,(H,35,42). The number of carbonyl (C=O) groups excluding carboxylic acids is 3. The summed E-state index contributed by atoms with van der Waals surface area (Å²) in [6.07, 6.45) is 2.02. The number of benzene rings is 3. The molecule has 0 atom stereocenters. The van der Waals surface area contributed by atoms with Gasteiger partial charge >= 0.3 is 6.03 Å². The molecule has 3 aromatic carbocycles. The van der Waals surface area contributed by atoms with Crippen molar-refractivity contribution in [1.82, 2.24) is 9.88 Å². The molecule has 1 aromatic heterocycles. The van der Waals surface area contributed by atoms with Crippen LogP contribution in [0.4, 0.5) is 26.2 Å². The predicted molar refractivity (Wildman–Crippen MR) is 156 cm³/mol. The Morgan fingerprint density at radius 1 is 0.952 bits per heavy atom. The number of hydrogen-bond acceptors (Lipinski definition) is 4. The lowest BCUT2D eigenvalue weighted by Gasteiger charge is -2.35. The molecule has 10 heteroatoms. The number of aryl methyl sites for hydroxylation is 1. The number of hydrogen-bond donors (Lipinski definition) is 1. The molecule has 0 bridgehead atoms. The highest BCUT2D eigenvalue weighted by molar-refractivity contribution is 6.11. The minimum Gasteiger partial charge on any atom is -0.345 e. The van der Waals surface area contributed by atoms with Gasteiger partial charge in [-0.15, -0.1) is 0 Å². The first-order valence-corrected chi connectivity index (χ1v) is 13.5. The normalized spacial score (nSPS) is 13.9. The number of amides is 4. The van der Waals surface area contributed by atoms with Crippen molar-refractivity contribution in [3.63, 3.8) is 0 Å². The van der Waals surface area contributed by atoms with Crippen molar-refractivity contribution in [2.45, 2.75) is 26.6 Å². The molecule has 9 nitrogen and oxygen atoms in total. The Labute approximate surface area is 242 Å². The molecular formula is C32H27FN6O3. The SMILES string of the molecule is Cc1cc(C(=O)N2Cc3cccn3Cc3ccccc32)ccc1CNC(=O)N1CC(=O)N(CC#N)c2cccc(F)c21. The van der Waals surface area contributed by atoms with Crippen LogP contribution >= 0.6 is 0 Å². The topological polar surface area (TPSA) is 102 Å². The number of nitrogens with zero attached hydrogens (tertiary/aromatic N) is 5. The van der Waals surface area contributed by atoms with Gasteiger partial charge in [0.1, 0.15) is 24.6 Å². The summed E-state index contributed by atoms with van der Waals surface area (Å²) in [7, 11) is 0. The third-order valence-corrected chi connectivity index (χ3v) is 7.73. The Balaban J connectivity index is 1.20. The first-order valence-electron chi connectivity index (χ1n) is 13.5. The van der Waals surface area contributed by atoms with E-state index in [0.29, 0.717) is 18.7 Å². The summed E-state index contributed by atoms with van der Waals surface area (Å²) >= 11 is 0. The van der Waals surface area contributed by atoms with E-state index in [9.17, 15) is 18.8 Å². The van der Waals surface area contributed by atoms with E-state index in [4.69, 9.17) is 5.26 Å². The van der Waals surface area contributed by atoms with Gasteiger partial charge in [-0.05, 0) is 66.1 Å². The van der Waals surface area contributed by atoms with E-state index < -0.39 is 24.3 Å². The average molecular weight is 563 g/mol. The van der Waals surface area contributed by atoms with Crippen molar-refractivity contribution < 1.29 is 18.8 Å². The highest BCUT2D eigenvalue weighted by atomic mass is 19.1. The van der Waals surface area contributed by atoms with Crippen LogP contribution in [0.2, 0.25) is 0 Å².